The van der Waals surface area contributed by atoms with Crippen molar-refractivity contribution in [1.82, 2.24) is 10.2 Å². The highest BCUT2D eigenvalue weighted by atomic mass is 79.9. The first-order chi connectivity index (χ1) is 11.6. The minimum Gasteiger partial charge on any atom is -0.478 e. The third kappa shape index (κ3) is 2.22. The second kappa shape index (κ2) is 5.49. The number of hydrogen-bond donors (Lipinski definition) is 3. The van der Waals surface area contributed by atoms with Crippen molar-refractivity contribution < 1.29 is 9.90 Å². The minimum absolute atomic E-state index is 0.237. The van der Waals surface area contributed by atoms with Crippen LogP contribution in [-0.2, 0) is 4.79 Å². The largest absolute Gasteiger partial charge is 0.478 e. The zero-order valence-corrected chi connectivity index (χ0v) is 14.1. The molecule has 3 N–H and O–H groups in total. The summed E-state index contributed by atoms with van der Waals surface area (Å²) in [6, 6.07) is 7.47. The number of aliphatic carboxylic acids is 1. The van der Waals surface area contributed by atoms with Crippen molar-refractivity contribution in [2.45, 2.75) is 18.8 Å². The van der Waals surface area contributed by atoms with Crippen molar-refractivity contribution in [2.75, 3.05) is 5.32 Å². The van der Waals surface area contributed by atoms with Crippen LogP contribution in [0, 0.1) is 17.2 Å². The van der Waals surface area contributed by atoms with Crippen LogP contribution >= 0.6 is 15.9 Å². The van der Waals surface area contributed by atoms with Gasteiger partial charge in [0.2, 0.25) is 0 Å². The van der Waals surface area contributed by atoms with Gasteiger partial charge < -0.3 is 10.4 Å². The van der Waals surface area contributed by atoms with Gasteiger partial charge in [-0.2, -0.15) is 10.4 Å². The highest BCUT2D eigenvalue weighted by Crippen LogP contribution is 2.49. The maximum Gasteiger partial charge on any atom is 0.334 e. The molecule has 2 aliphatic rings. The molecule has 0 saturated heterocycles. The first kappa shape index (κ1) is 15.0. The average Bonchev–Trinajstić information content (AvgIpc) is 3.31. The van der Waals surface area contributed by atoms with Gasteiger partial charge in [-0.05, 0) is 46.3 Å². The molecule has 7 heteroatoms. The molecule has 0 radical (unpaired) electrons. The van der Waals surface area contributed by atoms with Crippen molar-refractivity contribution in [1.29, 1.82) is 5.26 Å². The summed E-state index contributed by atoms with van der Waals surface area (Å²) in [6.07, 6.45) is 3.67. The van der Waals surface area contributed by atoms with E-state index in [4.69, 9.17) is 0 Å². The Kier molecular flexibility index (Phi) is 3.43. The Balaban J connectivity index is 1.98. The second-order valence-electron chi connectivity index (χ2n) is 5.97. The van der Waals surface area contributed by atoms with Gasteiger partial charge in [0.25, 0.3) is 0 Å². The van der Waals surface area contributed by atoms with Crippen LogP contribution in [0.2, 0.25) is 0 Å². The number of halogens is 1. The van der Waals surface area contributed by atoms with Gasteiger partial charge in [0.05, 0.1) is 11.1 Å². The lowest BCUT2D eigenvalue weighted by molar-refractivity contribution is -0.133. The Hall–Kier alpha value is -2.59. The van der Waals surface area contributed by atoms with Gasteiger partial charge >= 0.3 is 5.97 Å². The Labute approximate surface area is 146 Å². The predicted molar refractivity (Wildman–Crippen MR) is 90.3 cm³/mol. The van der Waals surface area contributed by atoms with Gasteiger partial charge in [-0.1, -0.05) is 12.1 Å². The standard InChI is InChI=1S/C17H13BrN4O2/c18-14-9(6-19)2-1-3-10(14)12-11-7-20-22-16(11)21-15(8-4-5-8)13(12)17(23)24/h1-3,7-8,12H,4-5H2,(H,23,24)(H2,20,21,22). The highest BCUT2D eigenvalue weighted by Gasteiger charge is 2.41. The lowest BCUT2D eigenvalue weighted by atomic mass is 9.81. The molecule has 6 nitrogen and oxygen atoms in total. The molecule has 1 aromatic heterocycles. The molecule has 24 heavy (non-hydrogen) atoms. The first-order valence-electron chi connectivity index (χ1n) is 7.58. The van der Waals surface area contributed by atoms with Gasteiger partial charge in [0, 0.05) is 27.8 Å². The molecule has 120 valence electrons. The molecular weight excluding hydrogens is 372 g/mol. The Morgan fingerprint density at radius 2 is 2.17 bits per heavy atom. The topological polar surface area (TPSA) is 102 Å². The lowest BCUT2D eigenvalue weighted by Gasteiger charge is -2.28. The molecule has 1 aliphatic heterocycles. The van der Waals surface area contributed by atoms with Crippen LogP contribution in [0.1, 0.15) is 35.4 Å². The molecule has 2 aromatic rings. The molecule has 1 unspecified atom stereocenters. The van der Waals surface area contributed by atoms with Crippen LogP contribution < -0.4 is 5.32 Å². The Morgan fingerprint density at radius 1 is 1.38 bits per heavy atom. The number of nitrogens with zero attached hydrogens (tertiary/aromatic N) is 2. The third-order valence-electron chi connectivity index (χ3n) is 4.49. The molecule has 0 bridgehead atoms. The van der Waals surface area contributed by atoms with E-state index in [1.807, 2.05) is 6.07 Å². The second-order valence-corrected chi connectivity index (χ2v) is 6.77. The fourth-order valence-electron chi connectivity index (χ4n) is 3.24. The summed E-state index contributed by atoms with van der Waals surface area (Å²) in [5.74, 6) is -0.533. The van der Waals surface area contributed by atoms with Gasteiger partial charge in [-0.25, -0.2) is 4.79 Å². The van der Waals surface area contributed by atoms with Crippen molar-refractivity contribution in [3.63, 3.8) is 0 Å². The number of nitriles is 1. The average molecular weight is 385 g/mol. The van der Waals surface area contributed by atoms with E-state index in [9.17, 15) is 15.2 Å². The van der Waals surface area contributed by atoms with Crippen LogP contribution in [0.4, 0.5) is 5.82 Å². The number of carbonyl (C=O) groups is 1. The van der Waals surface area contributed by atoms with Crippen LogP contribution in [0.15, 0.2) is 40.1 Å². The van der Waals surface area contributed by atoms with Crippen LogP contribution in [0.25, 0.3) is 0 Å². The van der Waals surface area contributed by atoms with E-state index in [1.165, 1.54) is 0 Å². The van der Waals surface area contributed by atoms with Crippen molar-refractivity contribution in [3.8, 4) is 6.07 Å². The minimum atomic E-state index is -0.949. The number of rotatable bonds is 3. The van der Waals surface area contributed by atoms with Crippen LogP contribution in [0.5, 0.6) is 0 Å². The molecule has 2 heterocycles. The van der Waals surface area contributed by atoms with E-state index in [0.717, 1.165) is 29.7 Å². The number of aromatic nitrogens is 2. The Morgan fingerprint density at radius 3 is 2.83 bits per heavy atom. The molecule has 0 amide bonds. The SMILES string of the molecule is N#Cc1cccc(C2C(C(=O)O)=C(C3CC3)Nc3n[nH]cc32)c1Br. The van der Waals surface area contributed by atoms with Gasteiger partial charge in [-0.3, -0.25) is 5.10 Å². The quantitative estimate of drug-likeness (QED) is 0.752. The molecule has 0 spiro atoms. The molecule has 1 atom stereocenters. The number of nitrogens with one attached hydrogen (secondary N) is 2. The number of carboxylic acid groups (broad SMARTS) is 1. The zero-order chi connectivity index (χ0) is 16.8. The summed E-state index contributed by atoms with van der Waals surface area (Å²) in [5.41, 5.74) is 3.08. The number of fused-ring (bicyclic) bond motifs is 1. The molecule has 1 aliphatic carbocycles. The van der Waals surface area contributed by atoms with Crippen molar-refractivity contribution in [3.05, 3.63) is 56.8 Å². The summed E-state index contributed by atoms with van der Waals surface area (Å²) in [5, 5.41) is 29.4. The number of carboxylic acids is 1. The molecule has 1 aromatic carbocycles. The molecule has 1 saturated carbocycles. The summed E-state index contributed by atoms with van der Waals surface area (Å²) in [4.78, 5) is 12.1. The van der Waals surface area contributed by atoms with Crippen LogP contribution in [0.3, 0.4) is 0 Å². The Bertz CT molecular complexity index is 921. The van der Waals surface area contributed by atoms with E-state index in [-0.39, 0.29) is 5.92 Å². The van der Waals surface area contributed by atoms with Crippen LogP contribution in [-0.4, -0.2) is 21.3 Å². The van der Waals surface area contributed by atoms with Gasteiger partial charge in [0.1, 0.15) is 6.07 Å². The summed E-state index contributed by atoms with van der Waals surface area (Å²) >= 11 is 3.48. The van der Waals surface area contributed by atoms with Crippen molar-refractivity contribution in [2.24, 2.45) is 5.92 Å². The number of benzene rings is 1. The summed E-state index contributed by atoms with van der Waals surface area (Å²) in [7, 11) is 0. The number of allylic oxidation sites excluding steroid dienone is 1. The van der Waals surface area contributed by atoms with Gasteiger partial charge in [-0.15, -0.1) is 0 Å². The number of anilines is 1. The molecule has 4 rings (SSSR count). The van der Waals surface area contributed by atoms with E-state index < -0.39 is 11.9 Å². The zero-order valence-electron chi connectivity index (χ0n) is 12.5. The normalized spacial score (nSPS) is 19.4. The van der Waals surface area contributed by atoms with E-state index in [1.54, 1.807) is 18.3 Å². The smallest absolute Gasteiger partial charge is 0.334 e. The maximum absolute atomic E-state index is 12.1. The monoisotopic (exact) mass is 384 g/mol. The fraction of sp³-hybridized carbons (Fsp3) is 0.235. The predicted octanol–water partition coefficient (Wildman–Crippen LogP) is 3.35. The fourth-order valence-corrected chi connectivity index (χ4v) is 3.82. The number of hydrogen-bond acceptors (Lipinski definition) is 4. The van der Waals surface area contributed by atoms with Crippen molar-refractivity contribution >= 4 is 27.7 Å². The van der Waals surface area contributed by atoms with Gasteiger partial charge in [0.15, 0.2) is 5.82 Å². The van der Waals surface area contributed by atoms with E-state index in [0.29, 0.717) is 21.4 Å². The first-order valence-corrected chi connectivity index (χ1v) is 8.37. The highest BCUT2D eigenvalue weighted by molar-refractivity contribution is 9.10. The summed E-state index contributed by atoms with van der Waals surface area (Å²) in [6.45, 7) is 0. The third-order valence-corrected chi connectivity index (χ3v) is 5.37. The lowest BCUT2D eigenvalue weighted by Crippen LogP contribution is -2.24. The summed E-state index contributed by atoms with van der Waals surface area (Å²) < 4.78 is 0.625. The molecular formula is C17H13BrN4O2. The van der Waals surface area contributed by atoms with E-state index in [2.05, 4.69) is 37.5 Å². The molecule has 1 fully saturated rings. The van der Waals surface area contributed by atoms with E-state index >= 15 is 0 Å². The number of H-pyrrole nitrogens is 1. The maximum atomic E-state index is 12.1. The number of aromatic amines is 1.